The van der Waals surface area contributed by atoms with Crippen molar-refractivity contribution in [1.29, 1.82) is 0 Å². The first-order valence-electron chi connectivity index (χ1n) is 6.97. The maximum atomic E-state index is 4.34. The van der Waals surface area contributed by atoms with E-state index >= 15 is 0 Å². The van der Waals surface area contributed by atoms with Gasteiger partial charge in [0, 0.05) is 19.0 Å². The van der Waals surface area contributed by atoms with Gasteiger partial charge in [0.05, 0.1) is 6.54 Å². The quantitative estimate of drug-likeness (QED) is 0.868. The van der Waals surface area contributed by atoms with Gasteiger partial charge in [0.1, 0.15) is 11.6 Å². The van der Waals surface area contributed by atoms with Crippen molar-refractivity contribution in [2.75, 3.05) is 0 Å². The van der Waals surface area contributed by atoms with Crippen molar-refractivity contribution >= 4 is 0 Å². The molecule has 0 aromatic carbocycles. The Morgan fingerprint density at radius 2 is 2.06 bits per heavy atom. The minimum atomic E-state index is 0.713. The van der Waals surface area contributed by atoms with Gasteiger partial charge in [-0.05, 0) is 25.2 Å². The predicted molar refractivity (Wildman–Crippen MR) is 66.6 cm³/mol. The molecule has 4 heteroatoms. The molecule has 1 aliphatic heterocycles. The van der Waals surface area contributed by atoms with Gasteiger partial charge in [0.2, 0.25) is 0 Å². The Kier molecular flexibility index (Phi) is 3.14. The van der Waals surface area contributed by atoms with E-state index in [1.807, 2.05) is 0 Å². The first kappa shape index (κ1) is 11.2. The van der Waals surface area contributed by atoms with E-state index in [-0.39, 0.29) is 0 Å². The van der Waals surface area contributed by atoms with E-state index in [1.165, 1.54) is 37.9 Å². The smallest absolute Gasteiger partial charge is 0.147 e. The van der Waals surface area contributed by atoms with Crippen LogP contribution in [0.3, 0.4) is 0 Å². The molecule has 4 nitrogen and oxygen atoms in total. The molecule has 0 amide bonds. The van der Waals surface area contributed by atoms with E-state index in [4.69, 9.17) is 0 Å². The molecular weight excluding hydrogens is 212 g/mol. The van der Waals surface area contributed by atoms with Gasteiger partial charge in [-0.15, -0.1) is 10.2 Å². The van der Waals surface area contributed by atoms with Gasteiger partial charge in [-0.1, -0.05) is 19.8 Å². The summed E-state index contributed by atoms with van der Waals surface area (Å²) in [5, 5.41) is 12.3. The lowest BCUT2D eigenvalue weighted by Crippen LogP contribution is -2.28. The molecule has 1 aromatic heterocycles. The molecule has 0 radical (unpaired) electrons. The standard InChI is InChI=1S/C13H22N4/c1-10-6-7-17-12(8-10)15-16-13(17)9-14-11-4-2-3-5-11/h10-11,14H,2-9H2,1H3. The second kappa shape index (κ2) is 4.77. The highest BCUT2D eigenvalue weighted by Gasteiger charge is 2.21. The Balaban J connectivity index is 1.63. The zero-order valence-electron chi connectivity index (χ0n) is 10.7. The van der Waals surface area contributed by atoms with E-state index in [0.717, 1.165) is 31.3 Å². The molecule has 0 spiro atoms. The third kappa shape index (κ3) is 2.37. The summed E-state index contributed by atoms with van der Waals surface area (Å²) in [6, 6.07) is 0.713. The summed E-state index contributed by atoms with van der Waals surface area (Å²) in [5.74, 6) is 3.09. The van der Waals surface area contributed by atoms with Crippen LogP contribution in [-0.4, -0.2) is 20.8 Å². The fourth-order valence-corrected chi connectivity index (χ4v) is 3.04. The third-order valence-corrected chi connectivity index (χ3v) is 4.18. The molecule has 1 saturated carbocycles. The van der Waals surface area contributed by atoms with E-state index in [1.54, 1.807) is 0 Å². The highest BCUT2D eigenvalue weighted by molar-refractivity contribution is 5.00. The van der Waals surface area contributed by atoms with Gasteiger partial charge in [-0.3, -0.25) is 0 Å². The minimum absolute atomic E-state index is 0.713. The number of hydrogen-bond donors (Lipinski definition) is 1. The molecule has 1 aliphatic carbocycles. The molecule has 2 heterocycles. The third-order valence-electron chi connectivity index (χ3n) is 4.18. The van der Waals surface area contributed by atoms with Crippen LogP contribution in [0.2, 0.25) is 0 Å². The number of rotatable bonds is 3. The Morgan fingerprint density at radius 3 is 2.88 bits per heavy atom. The summed E-state index contributed by atoms with van der Waals surface area (Å²) in [5.41, 5.74) is 0. The van der Waals surface area contributed by atoms with Gasteiger partial charge in [-0.2, -0.15) is 0 Å². The number of nitrogens with zero attached hydrogens (tertiary/aromatic N) is 3. The molecule has 94 valence electrons. The zero-order valence-corrected chi connectivity index (χ0v) is 10.7. The average Bonchev–Trinajstić information content (AvgIpc) is 2.94. The summed E-state index contributed by atoms with van der Waals surface area (Å²) in [7, 11) is 0. The van der Waals surface area contributed by atoms with Crippen LogP contribution < -0.4 is 5.32 Å². The van der Waals surface area contributed by atoms with Crippen LogP contribution >= 0.6 is 0 Å². The summed E-state index contributed by atoms with van der Waals surface area (Å²) in [6.07, 6.45) is 7.79. The Labute approximate surface area is 103 Å². The molecule has 17 heavy (non-hydrogen) atoms. The van der Waals surface area contributed by atoms with Gasteiger partial charge in [0.25, 0.3) is 0 Å². The summed E-state index contributed by atoms with van der Waals surface area (Å²) in [4.78, 5) is 0. The van der Waals surface area contributed by atoms with Crippen molar-refractivity contribution in [2.45, 2.75) is 64.6 Å². The zero-order chi connectivity index (χ0) is 11.7. The summed E-state index contributed by atoms with van der Waals surface area (Å²) in [6.45, 7) is 4.30. The maximum absolute atomic E-state index is 4.34. The monoisotopic (exact) mass is 234 g/mol. The fraction of sp³-hybridized carbons (Fsp3) is 0.846. The van der Waals surface area contributed by atoms with Crippen molar-refractivity contribution in [3.63, 3.8) is 0 Å². The molecule has 0 bridgehead atoms. The first-order chi connectivity index (χ1) is 8.33. The van der Waals surface area contributed by atoms with E-state index < -0.39 is 0 Å². The Morgan fingerprint density at radius 1 is 1.24 bits per heavy atom. The van der Waals surface area contributed by atoms with E-state index in [0.29, 0.717) is 6.04 Å². The lowest BCUT2D eigenvalue weighted by atomic mass is 10.0. The summed E-state index contributed by atoms with van der Waals surface area (Å²) < 4.78 is 2.32. The number of aromatic nitrogens is 3. The predicted octanol–water partition coefficient (Wildman–Crippen LogP) is 1.89. The van der Waals surface area contributed by atoms with Gasteiger partial charge < -0.3 is 9.88 Å². The molecular formula is C13H22N4. The topological polar surface area (TPSA) is 42.7 Å². The number of hydrogen-bond acceptors (Lipinski definition) is 3. The lowest BCUT2D eigenvalue weighted by Gasteiger charge is -2.20. The fourth-order valence-electron chi connectivity index (χ4n) is 3.04. The average molecular weight is 234 g/mol. The lowest BCUT2D eigenvalue weighted by molar-refractivity contribution is 0.396. The molecule has 1 unspecified atom stereocenters. The second-order valence-electron chi connectivity index (χ2n) is 5.64. The van der Waals surface area contributed by atoms with Crippen LogP contribution in [0.15, 0.2) is 0 Å². The van der Waals surface area contributed by atoms with Crippen molar-refractivity contribution in [3.05, 3.63) is 11.6 Å². The minimum Gasteiger partial charge on any atom is -0.314 e. The summed E-state index contributed by atoms with van der Waals surface area (Å²) >= 11 is 0. The van der Waals surface area contributed by atoms with Gasteiger partial charge in [-0.25, -0.2) is 0 Å². The largest absolute Gasteiger partial charge is 0.314 e. The van der Waals surface area contributed by atoms with Crippen LogP contribution in [0.25, 0.3) is 0 Å². The Bertz CT molecular complexity index is 379. The van der Waals surface area contributed by atoms with Crippen LogP contribution in [0.1, 0.15) is 50.7 Å². The highest BCUT2D eigenvalue weighted by atomic mass is 15.3. The van der Waals surface area contributed by atoms with Crippen LogP contribution in [-0.2, 0) is 19.5 Å². The SMILES string of the molecule is CC1CCn2c(CNC3CCCC3)nnc2C1. The van der Waals surface area contributed by atoms with Gasteiger partial charge in [0.15, 0.2) is 0 Å². The molecule has 3 rings (SSSR count). The van der Waals surface area contributed by atoms with E-state index in [2.05, 4.69) is 27.0 Å². The molecule has 2 aliphatic rings. The molecule has 1 fully saturated rings. The van der Waals surface area contributed by atoms with Gasteiger partial charge >= 0.3 is 0 Å². The van der Waals surface area contributed by atoms with E-state index in [9.17, 15) is 0 Å². The van der Waals surface area contributed by atoms with Crippen molar-refractivity contribution in [2.24, 2.45) is 5.92 Å². The van der Waals surface area contributed by atoms with Crippen LogP contribution in [0.5, 0.6) is 0 Å². The molecule has 0 saturated heterocycles. The molecule has 1 N–H and O–H groups in total. The highest BCUT2D eigenvalue weighted by Crippen LogP contribution is 2.21. The normalized spacial score (nSPS) is 25.1. The first-order valence-corrected chi connectivity index (χ1v) is 6.97. The molecule has 1 atom stereocenters. The molecule has 1 aromatic rings. The maximum Gasteiger partial charge on any atom is 0.147 e. The number of nitrogens with one attached hydrogen (secondary N) is 1. The Hall–Kier alpha value is -0.900. The van der Waals surface area contributed by atoms with Crippen molar-refractivity contribution in [3.8, 4) is 0 Å². The van der Waals surface area contributed by atoms with Crippen molar-refractivity contribution < 1.29 is 0 Å². The second-order valence-corrected chi connectivity index (χ2v) is 5.64. The van der Waals surface area contributed by atoms with Crippen molar-refractivity contribution in [1.82, 2.24) is 20.1 Å². The van der Waals surface area contributed by atoms with Crippen LogP contribution in [0.4, 0.5) is 0 Å². The number of fused-ring (bicyclic) bond motifs is 1. The van der Waals surface area contributed by atoms with Crippen LogP contribution in [0, 0.1) is 5.92 Å².